The Morgan fingerprint density at radius 1 is 1.35 bits per heavy atom. The van der Waals surface area contributed by atoms with E-state index < -0.39 is 24.1 Å². The van der Waals surface area contributed by atoms with Crippen molar-refractivity contribution < 1.29 is 29.7 Å². The molecule has 0 fully saturated rings. The predicted octanol–water partition coefficient (Wildman–Crippen LogP) is -0.261. The van der Waals surface area contributed by atoms with Crippen molar-refractivity contribution in [1.82, 2.24) is 4.90 Å². The van der Waals surface area contributed by atoms with E-state index in [2.05, 4.69) is 0 Å². The van der Waals surface area contributed by atoms with Crippen LogP contribution in [0.1, 0.15) is 26.2 Å². The second kappa shape index (κ2) is 7.61. The number of amides is 1. The zero-order valence-electron chi connectivity index (χ0n) is 9.57. The van der Waals surface area contributed by atoms with E-state index in [1.807, 2.05) is 0 Å². The summed E-state index contributed by atoms with van der Waals surface area (Å²) in [5.74, 6) is -3.26. The molecule has 0 heterocycles. The smallest absolute Gasteiger partial charge is 0.308 e. The average molecular weight is 247 g/mol. The summed E-state index contributed by atoms with van der Waals surface area (Å²) < 4.78 is 0. The summed E-state index contributed by atoms with van der Waals surface area (Å²) in [6.45, 7) is 1.45. The quantitative estimate of drug-likeness (QED) is 0.382. The average Bonchev–Trinajstić information content (AvgIpc) is 2.27. The summed E-state index contributed by atoms with van der Waals surface area (Å²) in [6.07, 6.45) is -0.758. The molecule has 2 atom stereocenters. The zero-order chi connectivity index (χ0) is 13.4. The summed E-state index contributed by atoms with van der Waals surface area (Å²) in [5.41, 5.74) is 0. The molecule has 2 unspecified atom stereocenters. The number of carboxylic acids is 2. The van der Waals surface area contributed by atoms with E-state index in [1.54, 1.807) is 6.92 Å². The summed E-state index contributed by atoms with van der Waals surface area (Å²) in [5, 5.41) is 26.7. The number of rotatable bonds is 9. The van der Waals surface area contributed by atoms with Gasteiger partial charge in [-0.05, 0) is 12.8 Å². The number of hydrogen-bond donors (Lipinski definition) is 3. The molecule has 0 aliphatic heterocycles. The van der Waals surface area contributed by atoms with Crippen LogP contribution in [0.2, 0.25) is 0 Å². The van der Waals surface area contributed by atoms with Gasteiger partial charge in [-0.3, -0.25) is 14.4 Å². The van der Waals surface area contributed by atoms with Crippen LogP contribution < -0.4 is 0 Å². The van der Waals surface area contributed by atoms with Gasteiger partial charge < -0.3 is 20.2 Å². The Labute approximate surface area is 98.7 Å². The fraction of sp³-hybridized carbons (Fsp3) is 0.700. The molecule has 7 nitrogen and oxygen atoms in total. The van der Waals surface area contributed by atoms with Crippen molar-refractivity contribution in [3.05, 3.63) is 0 Å². The van der Waals surface area contributed by atoms with E-state index >= 15 is 0 Å². The Kier molecular flexibility index (Phi) is 6.88. The van der Waals surface area contributed by atoms with E-state index in [-0.39, 0.29) is 25.8 Å². The molecule has 0 radical (unpaired) electrons. The van der Waals surface area contributed by atoms with Crippen LogP contribution >= 0.6 is 0 Å². The summed E-state index contributed by atoms with van der Waals surface area (Å²) in [4.78, 5) is 32.8. The van der Waals surface area contributed by atoms with Crippen LogP contribution in [0.3, 0.4) is 0 Å². The molecule has 0 aromatic carbocycles. The monoisotopic (exact) mass is 247 g/mol. The second-order valence-corrected chi connectivity index (χ2v) is 3.66. The van der Waals surface area contributed by atoms with Crippen LogP contribution in [0.4, 0.5) is 0 Å². The summed E-state index contributed by atoms with van der Waals surface area (Å²) in [7, 11) is 0. The molecule has 0 aliphatic carbocycles. The Morgan fingerprint density at radius 2 is 1.94 bits per heavy atom. The second-order valence-electron chi connectivity index (χ2n) is 3.66. The van der Waals surface area contributed by atoms with Gasteiger partial charge in [0, 0.05) is 13.0 Å². The van der Waals surface area contributed by atoms with E-state index in [0.717, 1.165) is 4.90 Å². The first-order valence-electron chi connectivity index (χ1n) is 5.26. The van der Waals surface area contributed by atoms with Crippen LogP contribution in [0.5, 0.6) is 0 Å². The maximum atomic E-state index is 10.9. The van der Waals surface area contributed by atoms with Crippen molar-refractivity contribution in [2.75, 3.05) is 6.54 Å². The van der Waals surface area contributed by atoms with Gasteiger partial charge in [-0.1, -0.05) is 6.92 Å². The van der Waals surface area contributed by atoms with Gasteiger partial charge in [0.15, 0.2) is 0 Å². The van der Waals surface area contributed by atoms with Gasteiger partial charge in [0.25, 0.3) is 0 Å². The number of aliphatic carboxylic acids is 2. The summed E-state index contributed by atoms with van der Waals surface area (Å²) >= 11 is 0. The highest BCUT2D eigenvalue weighted by atomic mass is 16.4. The van der Waals surface area contributed by atoms with Gasteiger partial charge in [-0.25, -0.2) is 0 Å². The van der Waals surface area contributed by atoms with Crippen LogP contribution in [0.15, 0.2) is 0 Å². The van der Waals surface area contributed by atoms with Gasteiger partial charge in [0.2, 0.25) is 6.41 Å². The number of aliphatic hydroxyl groups is 1. The molecular weight excluding hydrogens is 230 g/mol. The highest BCUT2D eigenvalue weighted by Crippen LogP contribution is 2.11. The molecule has 98 valence electrons. The van der Waals surface area contributed by atoms with Gasteiger partial charge in [0.1, 0.15) is 6.23 Å². The molecule has 0 bridgehead atoms. The third-order valence-corrected chi connectivity index (χ3v) is 2.37. The first-order chi connectivity index (χ1) is 7.92. The van der Waals surface area contributed by atoms with Crippen molar-refractivity contribution in [3.63, 3.8) is 0 Å². The number of carbonyl (C=O) groups excluding carboxylic acids is 1. The number of hydrogen-bond acceptors (Lipinski definition) is 4. The molecule has 3 N–H and O–H groups in total. The maximum Gasteiger partial charge on any atom is 0.308 e. The first kappa shape index (κ1) is 15.4. The molecule has 7 heteroatoms. The number of carbonyl (C=O) groups is 3. The lowest BCUT2D eigenvalue weighted by Crippen LogP contribution is -2.39. The number of carboxylic acid groups (broad SMARTS) is 2. The Hall–Kier alpha value is -1.63. The Morgan fingerprint density at radius 3 is 2.29 bits per heavy atom. The zero-order valence-corrected chi connectivity index (χ0v) is 9.57. The fourth-order valence-electron chi connectivity index (χ4n) is 1.31. The minimum Gasteiger partial charge on any atom is -0.481 e. The predicted molar refractivity (Wildman–Crippen MR) is 57.1 cm³/mol. The molecule has 1 amide bonds. The number of aliphatic hydroxyl groups excluding tert-OH is 1. The largest absolute Gasteiger partial charge is 0.481 e. The Balaban J connectivity index is 4.45. The van der Waals surface area contributed by atoms with Crippen molar-refractivity contribution in [3.8, 4) is 0 Å². The van der Waals surface area contributed by atoms with Crippen molar-refractivity contribution >= 4 is 18.3 Å². The van der Waals surface area contributed by atoms with Gasteiger partial charge in [-0.2, -0.15) is 0 Å². The normalized spacial score (nSPS) is 13.8. The third-order valence-electron chi connectivity index (χ3n) is 2.37. The molecule has 17 heavy (non-hydrogen) atoms. The highest BCUT2D eigenvalue weighted by Gasteiger charge is 2.23. The molecule has 0 aromatic rings. The topological polar surface area (TPSA) is 115 Å². The third kappa shape index (κ3) is 5.86. The minimum atomic E-state index is -1.18. The van der Waals surface area contributed by atoms with Crippen molar-refractivity contribution in [1.29, 1.82) is 0 Å². The molecule has 0 saturated heterocycles. The molecule has 0 spiro atoms. The molecule has 0 aliphatic rings. The van der Waals surface area contributed by atoms with Gasteiger partial charge in [-0.15, -0.1) is 0 Å². The highest BCUT2D eigenvalue weighted by molar-refractivity contribution is 5.72. The van der Waals surface area contributed by atoms with Gasteiger partial charge in [0.05, 0.1) is 5.92 Å². The van der Waals surface area contributed by atoms with Crippen LogP contribution in [-0.4, -0.2) is 51.3 Å². The maximum absolute atomic E-state index is 10.9. The lowest BCUT2D eigenvalue weighted by Gasteiger charge is -2.25. The SMILES string of the molecule is CCC(O)N(C=O)CC(CCC(=O)O)C(=O)O. The van der Waals surface area contributed by atoms with E-state index in [4.69, 9.17) is 10.2 Å². The van der Waals surface area contributed by atoms with Crippen LogP contribution in [0.25, 0.3) is 0 Å². The van der Waals surface area contributed by atoms with E-state index in [0.29, 0.717) is 6.41 Å². The van der Waals surface area contributed by atoms with Crippen molar-refractivity contribution in [2.24, 2.45) is 5.92 Å². The molecule has 0 rings (SSSR count). The van der Waals surface area contributed by atoms with Gasteiger partial charge >= 0.3 is 11.9 Å². The summed E-state index contributed by atoms with van der Waals surface area (Å²) in [6, 6.07) is 0. The standard InChI is InChI=1S/C10H17NO6/c1-2-8(13)11(6-12)5-7(10(16)17)3-4-9(14)15/h6-8,13H,2-5H2,1H3,(H,14,15)(H,16,17). The lowest BCUT2D eigenvalue weighted by molar-refractivity contribution is -0.145. The molecule has 0 saturated carbocycles. The van der Waals surface area contributed by atoms with E-state index in [9.17, 15) is 19.5 Å². The molecular formula is C10H17NO6. The van der Waals surface area contributed by atoms with Crippen LogP contribution in [0, 0.1) is 5.92 Å². The van der Waals surface area contributed by atoms with Crippen molar-refractivity contribution in [2.45, 2.75) is 32.4 Å². The Bertz CT molecular complexity index is 280. The van der Waals surface area contributed by atoms with E-state index in [1.165, 1.54) is 0 Å². The molecule has 0 aromatic heterocycles. The van der Waals surface area contributed by atoms with Crippen LogP contribution in [-0.2, 0) is 14.4 Å². The fourth-order valence-corrected chi connectivity index (χ4v) is 1.31. The lowest BCUT2D eigenvalue weighted by atomic mass is 10.0. The first-order valence-corrected chi connectivity index (χ1v) is 5.26. The minimum absolute atomic E-state index is 0.0779. The number of nitrogens with zero attached hydrogens (tertiary/aromatic N) is 1.